The Morgan fingerprint density at radius 2 is 1.19 bits per heavy atom. The zero-order chi connectivity index (χ0) is 18.2. The molecule has 0 nitrogen and oxygen atoms in total. The normalized spacial score (nSPS) is 12.8. The molecular formula is C26H20Si. The van der Waals surface area contributed by atoms with E-state index in [-0.39, 0.29) is 0 Å². The van der Waals surface area contributed by atoms with Gasteiger partial charge in [-0.2, -0.15) is 0 Å². The minimum absolute atomic E-state index is 1.06. The average molecular weight is 361 g/mol. The molecule has 0 fully saturated rings. The summed E-state index contributed by atoms with van der Waals surface area (Å²) in [6, 6.07) is 35.4. The molecule has 0 heterocycles. The van der Waals surface area contributed by atoms with E-state index in [4.69, 9.17) is 0 Å². The van der Waals surface area contributed by atoms with E-state index in [1.54, 1.807) is 0 Å². The fourth-order valence-electron chi connectivity index (χ4n) is 4.17. The summed E-state index contributed by atoms with van der Waals surface area (Å²) in [6.45, 7) is 2.28. The van der Waals surface area contributed by atoms with Crippen molar-refractivity contribution in [2.45, 2.75) is 6.92 Å². The van der Waals surface area contributed by atoms with Crippen LogP contribution in [0.5, 0.6) is 0 Å². The number of hydrogen-bond acceptors (Lipinski definition) is 0. The summed E-state index contributed by atoms with van der Waals surface area (Å²) < 4.78 is 0. The Morgan fingerprint density at radius 1 is 0.593 bits per heavy atom. The first-order valence-electron chi connectivity index (χ1n) is 9.39. The van der Waals surface area contributed by atoms with Gasteiger partial charge in [0.05, 0.1) is 8.41 Å². The van der Waals surface area contributed by atoms with Crippen molar-refractivity contribution in [2.75, 3.05) is 0 Å². The molecule has 128 valence electrons. The zero-order valence-electron chi connectivity index (χ0n) is 15.3. The van der Waals surface area contributed by atoms with Crippen molar-refractivity contribution >= 4 is 40.8 Å². The molecule has 4 aromatic rings. The lowest BCUT2D eigenvalue weighted by Gasteiger charge is -2.15. The SMILES string of the molecule is CC1=Cc2c(ccc3ccccc23)C1=[Si](c1ccccc1)c1ccccc1. The zero-order valence-corrected chi connectivity index (χ0v) is 16.3. The van der Waals surface area contributed by atoms with Crippen molar-refractivity contribution in [3.05, 3.63) is 114 Å². The Kier molecular flexibility index (Phi) is 3.95. The summed E-state index contributed by atoms with van der Waals surface area (Å²) in [4.78, 5) is 0. The van der Waals surface area contributed by atoms with Crippen LogP contribution < -0.4 is 10.4 Å². The second-order valence-corrected chi connectivity index (χ2v) is 9.46. The third-order valence-corrected chi connectivity index (χ3v) is 8.36. The molecule has 0 bridgehead atoms. The van der Waals surface area contributed by atoms with Gasteiger partial charge in [0.2, 0.25) is 0 Å². The molecule has 0 saturated heterocycles. The van der Waals surface area contributed by atoms with Gasteiger partial charge in [-0.3, -0.25) is 0 Å². The molecule has 5 rings (SSSR count). The molecule has 0 unspecified atom stereocenters. The molecule has 27 heavy (non-hydrogen) atoms. The van der Waals surface area contributed by atoms with Gasteiger partial charge in [0.25, 0.3) is 0 Å². The molecule has 0 atom stereocenters. The van der Waals surface area contributed by atoms with Crippen LogP contribution in [0.3, 0.4) is 0 Å². The van der Waals surface area contributed by atoms with Crippen molar-refractivity contribution in [3.8, 4) is 0 Å². The van der Waals surface area contributed by atoms with Crippen LogP contribution in [0.4, 0.5) is 0 Å². The van der Waals surface area contributed by atoms with E-state index in [1.807, 2.05) is 0 Å². The van der Waals surface area contributed by atoms with Crippen LogP contribution in [0, 0.1) is 0 Å². The first-order chi connectivity index (χ1) is 13.3. The van der Waals surface area contributed by atoms with Gasteiger partial charge in [0, 0.05) is 0 Å². The van der Waals surface area contributed by atoms with Crippen LogP contribution in [-0.2, 0) is 0 Å². The number of fused-ring (bicyclic) bond motifs is 3. The highest BCUT2D eigenvalue weighted by Crippen LogP contribution is 2.32. The molecule has 0 radical (unpaired) electrons. The van der Waals surface area contributed by atoms with Crippen LogP contribution in [0.25, 0.3) is 16.8 Å². The third-order valence-electron chi connectivity index (χ3n) is 5.37. The number of allylic oxidation sites excluding steroid dienone is 1. The van der Waals surface area contributed by atoms with Crippen LogP contribution in [0.2, 0.25) is 0 Å². The fourth-order valence-corrected chi connectivity index (χ4v) is 7.08. The van der Waals surface area contributed by atoms with Gasteiger partial charge in [-0.25, -0.2) is 0 Å². The van der Waals surface area contributed by atoms with Gasteiger partial charge in [0.15, 0.2) is 0 Å². The molecule has 1 aliphatic carbocycles. The summed E-state index contributed by atoms with van der Waals surface area (Å²) in [5.41, 5.74) is 4.20. The molecule has 0 spiro atoms. The monoisotopic (exact) mass is 360 g/mol. The summed E-state index contributed by atoms with van der Waals surface area (Å²) in [7, 11) is -1.06. The predicted molar refractivity (Wildman–Crippen MR) is 120 cm³/mol. The van der Waals surface area contributed by atoms with Crippen LogP contribution in [0.1, 0.15) is 18.1 Å². The molecule has 4 aromatic carbocycles. The van der Waals surface area contributed by atoms with Crippen molar-refractivity contribution in [2.24, 2.45) is 0 Å². The van der Waals surface area contributed by atoms with E-state index < -0.39 is 8.41 Å². The maximum Gasteiger partial charge on any atom is 0.0888 e. The standard InChI is InChI=1S/C26H20Si/c1-19-18-25-23-15-9-8-10-20(23)16-17-24(25)26(19)27(21-11-4-2-5-12-21)22-13-6-3-7-14-22/h2-18H,1H3. The van der Waals surface area contributed by atoms with Crippen molar-refractivity contribution < 1.29 is 0 Å². The number of benzene rings is 4. The highest BCUT2D eigenvalue weighted by atomic mass is 28.2. The molecule has 1 heteroatoms. The smallest absolute Gasteiger partial charge is 0.0623 e. The van der Waals surface area contributed by atoms with E-state index in [1.165, 1.54) is 43.0 Å². The molecular weight excluding hydrogens is 340 g/mol. The molecule has 0 aliphatic heterocycles. The van der Waals surface area contributed by atoms with E-state index in [9.17, 15) is 0 Å². The molecule has 0 N–H and O–H groups in total. The summed E-state index contributed by atoms with van der Waals surface area (Å²) in [5.74, 6) is 0. The quantitative estimate of drug-likeness (QED) is 0.456. The largest absolute Gasteiger partial charge is 0.0888 e. The van der Waals surface area contributed by atoms with E-state index >= 15 is 0 Å². The average Bonchev–Trinajstić information content (AvgIpc) is 3.06. The van der Waals surface area contributed by atoms with Crippen molar-refractivity contribution in [1.82, 2.24) is 0 Å². The van der Waals surface area contributed by atoms with Crippen LogP contribution >= 0.6 is 0 Å². The van der Waals surface area contributed by atoms with Gasteiger partial charge >= 0.3 is 0 Å². The maximum atomic E-state index is 2.39. The second kappa shape index (κ2) is 6.60. The topological polar surface area (TPSA) is 0 Å². The van der Waals surface area contributed by atoms with Gasteiger partial charge in [-0.1, -0.05) is 103 Å². The molecule has 0 aromatic heterocycles. The number of rotatable bonds is 2. The Balaban J connectivity index is 1.87. The lowest BCUT2D eigenvalue weighted by atomic mass is 10.0. The Labute approximate surface area is 161 Å². The third kappa shape index (κ3) is 2.72. The first-order valence-corrected chi connectivity index (χ1v) is 10.9. The van der Waals surface area contributed by atoms with Gasteiger partial charge in [-0.15, -0.1) is 0 Å². The van der Waals surface area contributed by atoms with Crippen molar-refractivity contribution in [3.63, 3.8) is 0 Å². The van der Waals surface area contributed by atoms with Gasteiger partial charge in [0.1, 0.15) is 0 Å². The maximum absolute atomic E-state index is 2.39. The summed E-state index contributed by atoms with van der Waals surface area (Å²) in [5, 5.41) is 7.08. The molecule has 1 aliphatic rings. The molecule has 0 saturated carbocycles. The highest BCUT2D eigenvalue weighted by Gasteiger charge is 2.23. The Hall–Kier alpha value is -3.03. The second-order valence-electron chi connectivity index (χ2n) is 7.06. The number of hydrogen-bond donors (Lipinski definition) is 0. The minimum atomic E-state index is -1.06. The first kappa shape index (κ1) is 16.2. The van der Waals surface area contributed by atoms with Crippen LogP contribution in [0.15, 0.2) is 103 Å². The van der Waals surface area contributed by atoms with E-state index in [0.717, 1.165) is 0 Å². The fraction of sp³-hybridized carbons (Fsp3) is 0.0385. The van der Waals surface area contributed by atoms with Gasteiger partial charge in [-0.05, 0) is 49.9 Å². The lowest BCUT2D eigenvalue weighted by molar-refractivity contribution is 1.67. The Bertz CT molecular complexity index is 1160. The van der Waals surface area contributed by atoms with Crippen LogP contribution in [-0.4, -0.2) is 13.6 Å². The predicted octanol–water partition coefficient (Wildman–Crippen LogP) is 4.67. The van der Waals surface area contributed by atoms with E-state index in [2.05, 4.69) is 110 Å². The van der Waals surface area contributed by atoms with Gasteiger partial charge < -0.3 is 0 Å². The lowest BCUT2D eigenvalue weighted by Crippen LogP contribution is -2.40. The minimum Gasteiger partial charge on any atom is -0.0623 e. The van der Waals surface area contributed by atoms with Crippen molar-refractivity contribution in [1.29, 1.82) is 0 Å². The summed E-state index contributed by atoms with van der Waals surface area (Å²) >= 11 is 0. The van der Waals surface area contributed by atoms with E-state index in [0.29, 0.717) is 0 Å². The Morgan fingerprint density at radius 3 is 1.85 bits per heavy atom. The summed E-state index contributed by atoms with van der Waals surface area (Å²) in [6.07, 6.45) is 2.39. The molecule has 0 amide bonds. The highest BCUT2D eigenvalue weighted by molar-refractivity contribution is 6.95.